The molecule has 0 aromatic heterocycles. The molecule has 14 nitrogen and oxygen atoms in total. The van der Waals surface area contributed by atoms with E-state index in [0.717, 1.165) is 11.1 Å². The van der Waals surface area contributed by atoms with Crippen LogP contribution in [-0.4, -0.2) is 87.6 Å². The van der Waals surface area contributed by atoms with E-state index in [1.807, 2.05) is 294 Å². The Labute approximate surface area is 522 Å². The summed E-state index contributed by atoms with van der Waals surface area (Å²) < 4.78 is 120. The molecule has 6 saturated heterocycles. The highest BCUT2D eigenvalue weighted by atomic mass is 28.6. The summed E-state index contributed by atoms with van der Waals surface area (Å²) in [7, 11) is -50.2. The molecule has 6 aliphatic rings. The summed E-state index contributed by atoms with van der Waals surface area (Å²) in [5.74, 6) is 0. The summed E-state index contributed by atoms with van der Waals surface area (Å²) >= 11 is 0. The Kier molecular flexibility index (Phi) is 14.8. The lowest BCUT2D eigenvalue weighted by Gasteiger charge is -2.60. The van der Waals surface area contributed by atoms with Crippen LogP contribution in [0.2, 0.25) is 13.1 Å². The molecule has 88 heavy (non-hydrogen) atoms. The summed E-state index contributed by atoms with van der Waals surface area (Å²) in [5.41, 5.74) is 2.04. The first-order valence-electron chi connectivity index (χ1n) is 29.1. The third-order valence-corrected chi connectivity index (χ3v) is 59.3. The van der Waals surface area contributed by atoms with Crippen molar-refractivity contribution in [1.29, 1.82) is 0 Å². The fourth-order valence-corrected chi connectivity index (χ4v) is 67.8. The molecule has 0 atom stereocenters. The Morgan fingerprint density at radius 1 is 0.159 bits per heavy atom. The van der Waals surface area contributed by atoms with Crippen molar-refractivity contribution in [2.75, 3.05) is 0 Å². The van der Waals surface area contributed by atoms with Crippen LogP contribution in [0, 0.1) is 13.8 Å². The molecule has 0 spiro atoms. The molecule has 440 valence electrons. The highest BCUT2D eigenvalue weighted by Crippen LogP contribution is 2.47. The van der Waals surface area contributed by atoms with E-state index in [2.05, 4.69) is 24.3 Å². The Balaban J connectivity index is 1.23. The largest absolute Gasteiger partial charge is 0.515 e. The molecular formula is C64H60O14Si10. The molecule has 6 fully saturated rings. The van der Waals surface area contributed by atoms with Gasteiger partial charge in [-0.05, 0) is 37.3 Å². The first-order valence-corrected chi connectivity index (χ1v) is 47.6. The molecule has 0 unspecified atom stereocenters. The quantitative estimate of drug-likeness (QED) is 0.157. The van der Waals surface area contributed by atoms with Crippen LogP contribution in [0.25, 0.3) is 0 Å². The topological polar surface area (TPSA) is 129 Å². The highest BCUT2D eigenvalue weighted by Gasteiger charge is 2.84. The molecule has 0 radical (unpaired) electrons. The van der Waals surface area contributed by atoms with Gasteiger partial charge in [0.1, 0.15) is 0 Å². The zero-order valence-corrected chi connectivity index (χ0v) is 58.4. The summed E-state index contributed by atoms with van der Waals surface area (Å²) in [6.45, 7) is 8.11. The van der Waals surface area contributed by atoms with Crippen molar-refractivity contribution in [3.63, 3.8) is 0 Å². The summed E-state index contributed by atoms with van der Waals surface area (Å²) in [6, 6.07) is 94.3. The first kappa shape index (κ1) is 58.2. The molecule has 6 aliphatic heterocycles. The van der Waals surface area contributed by atoms with Gasteiger partial charge in [-0.1, -0.05) is 302 Å². The molecule has 0 saturated carbocycles. The first-order chi connectivity index (χ1) is 42.7. The minimum atomic E-state index is -5.25. The second kappa shape index (κ2) is 22.3. The maximum absolute atomic E-state index is 8.66. The predicted octanol–water partition coefficient (Wildman–Crippen LogP) is 5.63. The Bertz CT molecular complexity index is 3590. The minimum absolute atomic E-state index is 0.494. The van der Waals surface area contributed by atoms with E-state index in [1.165, 1.54) is 0 Å². The number of hydrogen-bond acceptors (Lipinski definition) is 14. The van der Waals surface area contributed by atoms with Gasteiger partial charge in [-0.3, -0.25) is 0 Å². The van der Waals surface area contributed by atoms with Crippen molar-refractivity contribution in [3.05, 3.63) is 302 Å². The van der Waals surface area contributed by atoms with Crippen LogP contribution >= 0.6 is 0 Å². The van der Waals surface area contributed by atoms with E-state index < -0.39 is 87.6 Å². The molecule has 0 amide bonds. The van der Waals surface area contributed by atoms with Gasteiger partial charge in [0.2, 0.25) is 0 Å². The molecule has 0 N–H and O–H groups in total. The number of rotatable bonds is 10. The van der Waals surface area contributed by atoms with Crippen molar-refractivity contribution in [3.8, 4) is 0 Å². The Hall–Kier alpha value is -6.19. The van der Waals surface area contributed by atoms with Gasteiger partial charge >= 0.3 is 87.6 Å². The summed E-state index contributed by atoms with van der Waals surface area (Å²) in [5, 5.41) is 5.55. The molecule has 8 bridgehead atoms. The molecular weight excluding hydrogens is 1270 g/mol. The second-order valence-electron chi connectivity index (χ2n) is 22.4. The lowest BCUT2D eigenvalue weighted by Crippen LogP contribution is -2.94. The molecule has 24 heteroatoms. The molecule has 10 aromatic carbocycles. The van der Waals surface area contributed by atoms with E-state index in [9.17, 15) is 0 Å². The molecule has 10 aromatic rings. The SMILES string of the molecule is Cc1ccc([Si]2(C)O[Si]3(c4ccccc4)O[Si]4(c5ccccc5)O[Si]5(c6ccccc6)O[Si](C)(c6ccc(C)cc6)O[Si]6(c7ccccc7)O[Si](c7ccccc7)(O[Si](c7ccccc7)(O2)O[Si](c2ccccc2)(O6)O[Si](c2ccccc2)(O3)O5)O4)cc1. The summed E-state index contributed by atoms with van der Waals surface area (Å²) in [4.78, 5) is 0. The van der Waals surface area contributed by atoms with Gasteiger partial charge in [-0.25, -0.2) is 0 Å². The summed E-state index contributed by atoms with van der Waals surface area (Å²) in [6.07, 6.45) is 0. The van der Waals surface area contributed by atoms with Gasteiger partial charge in [0, 0.05) is 41.5 Å². The van der Waals surface area contributed by atoms with Gasteiger partial charge < -0.3 is 57.6 Å². The number of hydrogen-bond donors (Lipinski definition) is 0. The smallest absolute Gasteiger partial charge is 0.387 e. The van der Waals surface area contributed by atoms with Gasteiger partial charge in [0.05, 0.1) is 0 Å². The minimum Gasteiger partial charge on any atom is -0.387 e. The fourth-order valence-electron chi connectivity index (χ4n) is 11.8. The van der Waals surface area contributed by atoms with Crippen LogP contribution in [0.1, 0.15) is 11.1 Å². The van der Waals surface area contributed by atoms with Crippen molar-refractivity contribution >= 4 is 139 Å². The van der Waals surface area contributed by atoms with Crippen molar-refractivity contribution in [2.45, 2.75) is 26.9 Å². The van der Waals surface area contributed by atoms with E-state index in [1.54, 1.807) is 0 Å². The van der Waals surface area contributed by atoms with Gasteiger partial charge in [0.25, 0.3) is 0 Å². The fraction of sp³-hybridized carbons (Fsp3) is 0.0625. The van der Waals surface area contributed by atoms with E-state index in [-0.39, 0.29) is 0 Å². The molecule has 0 aliphatic carbocycles. The lowest BCUT2D eigenvalue weighted by atomic mass is 10.2. The standard InChI is InChI=1S/C64H60O14Si10/c1-53-45-49-55(50-46-53)79(3)65-81(57-29-13-5-14-30-57)69-85(61-37-21-9-22-38-61)73-83(59-33-17-7-18-34-59)67-80(4,56-51-47-54(2)48-52-56)68-84(60-35-19-8-20-36-60)75-87(77-85,63-41-25-11-26-42-63)71-82(66-79,58-31-15-6-16-32-58)72-88(76-84,64-43-27-12-28-44-64)78-86(70-81,74-83)62-39-23-10-24-40-62/h5-52H,1-4H3. The Morgan fingerprint density at radius 3 is 0.443 bits per heavy atom. The zero-order chi connectivity index (χ0) is 59.8. The van der Waals surface area contributed by atoms with Gasteiger partial charge in [0.15, 0.2) is 0 Å². The second-order valence-corrected chi connectivity index (χ2v) is 52.3. The average molecular weight is 1330 g/mol. The van der Waals surface area contributed by atoms with Gasteiger partial charge in [-0.15, -0.1) is 0 Å². The maximum Gasteiger partial charge on any atom is 0.515 e. The Morgan fingerprint density at radius 2 is 0.295 bits per heavy atom. The van der Waals surface area contributed by atoms with Crippen molar-refractivity contribution in [1.82, 2.24) is 0 Å². The van der Waals surface area contributed by atoms with E-state index in [0.29, 0.717) is 51.9 Å². The molecule has 16 rings (SSSR count). The third kappa shape index (κ3) is 10.1. The number of fused-ring (bicyclic) bond motifs is 4. The monoisotopic (exact) mass is 1330 g/mol. The number of benzene rings is 10. The maximum atomic E-state index is 8.66. The average Bonchev–Trinajstić information content (AvgIpc) is 0.711. The zero-order valence-electron chi connectivity index (χ0n) is 48.4. The van der Waals surface area contributed by atoms with Crippen LogP contribution in [0.3, 0.4) is 0 Å². The highest BCUT2D eigenvalue weighted by molar-refractivity contribution is 7.14. The van der Waals surface area contributed by atoms with Crippen LogP contribution < -0.4 is 51.9 Å². The molecule has 6 heterocycles. The normalized spacial score (nSPS) is 32.6. The third-order valence-electron chi connectivity index (χ3n) is 16.2. The van der Waals surface area contributed by atoms with E-state index in [4.69, 9.17) is 57.6 Å². The van der Waals surface area contributed by atoms with Crippen LogP contribution in [-0.2, 0) is 57.6 Å². The van der Waals surface area contributed by atoms with Gasteiger partial charge in [-0.2, -0.15) is 0 Å². The van der Waals surface area contributed by atoms with Crippen LogP contribution in [0.15, 0.2) is 291 Å². The van der Waals surface area contributed by atoms with Crippen molar-refractivity contribution < 1.29 is 57.6 Å². The predicted molar refractivity (Wildman–Crippen MR) is 355 cm³/mol. The van der Waals surface area contributed by atoms with E-state index >= 15 is 0 Å². The van der Waals surface area contributed by atoms with Crippen LogP contribution in [0.4, 0.5) is 0 Å². The lowest BCUT2D eigenvalue weighted by molar-refractivity contribution is 0.0274. The number of aryl methyl sites for hydroxylation is 2. The van der Waals surface area contributed by atoms with Crippen LogP contribution in [0.5, 0.6) is 0 Å². The van der Waals surface area contributed by atoms with Crippen molar-refractivity contribution in [2.24, 2.45) is 0 Å².